The zero-order valence-electron chi connectivity index (χ0n) is 15.7. The van der Waals surface area contributed by atoms with Gasteiger partial charge in [-0.1, -0.05) is 5.16 Å². The lowest BCUT2D eigenvalue weighted by Crippen LogP contribution is -2.28. The quantitative estimate of drug-likeness (QED) is 0.703. The first-order valence-electron chi connectivity index (χ1n) is 9.04. The summed E-state index contributed by atoms with van der Waals surface area (Å²) < 4.78 is 6.94. The number of rotatable bonds is 4. The molecular formula is C19H22N6O2. The fourth-order valence-electron chi connectivity index (χ4n) is 3.72. The Bertz CT molecular complexity index is 957. The van der Waals surface area contributed by atoms with Crippen LogP contribution in [0.1, 0.15) is 33.9 Å². The summed E-state index contributed by atoms with van der Waals surface area (Å²) in [5.41, 5.74) is 4.11. The van der Waals surface area contributed by atoms with E-state index >= 15 is 0 Å². The monoisotopic (exact) mass is 366 g/mol. The maximum Gasteiger partial charge on any atom is 0.257 e. The predicted octanol–water partition coefficient (Wildman–Crippen LogP) is 2.19. The smallest absolute Gasteiger partial charge is 0.257 e. The summed E-state index contributed by atoms with van der Waals surface area (Å²) in [6.45, 7) is 5.26. The van der Waals surface area contributed by atoms with E-state index in [0.29, 0.717) is 18.0 Å². The van der Waals surface area contributed by atoms with Gasteiger partial charge in [0, 0.05) is 38.7 Å². The lowest BCUT2D eigenvalue weighted by atomic mass is 9.98. The third-order valence-electron chi connectivity index (χ3n) is 5.05. The van der Waals surface area contributed by atoms with Gasteiger partial charge in [0.1, 0.15) is 5.76 Å². The molecule has 3 aromatic rings. The van der Waals surface area contributed by atoms with Crippen molar-refractivity contribution in [1.29, 1.82) is 0 Å². The molecule has 140 valence electrons. The van der Waals surface area contributed by atoms with Gasteiger partial charge in [-0.15, -0.1) is 0 Å². The molecule has 1 fully saturated rings. The van der Waals surface area contributed by atoms with Gasteiger partial charge >= 0.3 is 0 Å². The van der Waals surface area contributed by atoms with Crippen molar-refractivity contribution in [2.24, 2.45) is 13.0 Å². The van der Waals surface area contributed by atoms with E-state index in [4.69, 9.17) is 4.52 Å². The summed E-state index contributed by atoms with van der Waals surface area (Å²) in [4.78, 5) is 23.6. The second kappa shape index (κ2) is 6.94. The van der Waals surface area contributed by atoms with E-state index in [1.54, 1.807) is 29.5 Å². The van der Waals surface area contributed by atoms with Crippen molar-refractivity contribution >= 4 is 5.91 Å². The first-order valence-corrected chi connectivity index (χ1v) is 9.04. The molecule has 0 N–H and O–H groups in total. The zero-order valence-corrected chi connectivity index (χ0v) is 15.7. The Hall–Kier alpha value is -3.03. The third-order valence-corrected chi connectivity index (χ3v) is 5.05. The highest BCUT2D eigenvalue weighted by Crippen LogP contribution is 2.30. The first kappa shape index (κ1) is 17.4. The van der Waals surface area contributed by atoms with Crippen LogP contribution in [0.15, 0.2) is 29.3 Å². The molecule has 1 unspecified atom stereocenters. The molecule has 1 saturated heterocycles. The molecule has 3 aromatic heterocycles. The third kappa shape index (κ3) is 3.34. The summed E-state index contributed by atoms with van der Waals surface area (Å²) >= 11 is 0. The molecule has 8 nitrogen and oxygen atoms in total. The lowest BCUT2D eigenvalue weighted by molar-refractivity contribution is 0.0787. The van der Waals surface area contributed by atoms with Gasteiger partial charge in [0.05, 0.1) is 34.4 Å². The van der Waals surface area contributed by atoms with Gasteiger partial charge in [-0.25, -0.2) is 0 Å². The number of aromatic nitrogens is 5. The number of carbonyl (C=O) groups excluding carboxylic acids is 1. The molecule has 8 heteroatoms. The topological polar surface area (TPSA) is 89.9 Å². The highest BCUT2D eigenvalue weighted by atomic mass is 16.5. The minimum absolute atomic E-state index is 0.0377. The van der Waals surface area contributed by atoms with E-state index in [1.165, 1.54) is 0 Å². The summed E-state index contributed by atoms with van der Waals surface area (Å²) in [5.74, 6) is 1.13. The van der Waals surface area contributed by atoms with Crippen LogP contribution in [-0.4, -0.2) is 48.8 Å². The van der Waals surface area contributed by atoms with Crippen molar-refractivity contribution in [2.75, 3.05) is 13.1 Å². The average molecular weight is 366 g/mol. The summed E-state index contributed by atoms with van der Waals surface area (Å²) in [7, 11) is 1.81. The molecule has 0 bridgehead atoms. The van der Waals surface area contributed by atoms with E-state index in [-0.39, 0.29) is 5.91 Å². The van der Waals surface area contributed by atoms with Crippen LogP contribution in [0.4, 0.5) is 0 Å². The van der Waals surface area contributed by atoms with Gasteiger partial charge in [-0.2, -0.15) is 5.10 Å². The maximum absolute atomic E-state index is 12.6. The van der Waals surface area contributed by atoms with Crippen LogP contribution in [0, 0.1) is 19.8 Å². The number of nitrogens with zero attached hydrogens (tertiary/aromatic N) is 6. The van der Waals surface area contributed by atoms with Gasteiger partial charge < -0.3 is 9.42 Å². The minimum Gasteiger partial charge on any atom is -0.361 e. The van der Waals surface area contributed by atoms with E-state index in [0.717, 1.165) is 47.8 Å². The molecule has 1 aliphatic heterocycles. The molecule has 1 atom stereocenters. The molecule has 0 radical (unpaired) electrons. The first-order chi connectivity index (χ1) is 13.0. The Morgan fingerprint density at radius 1 is 1.30 bits per heavy atom. The number of carbonyl (C=O) groups is 1. The number of likely N-dealkylation sites (tertiary alicyclic amines) is 1. The molecule has 0 saturated carbocycles. The van der Waals surface area contributed by atoms with Crippen molar-refractivity contribution in [3.8, 4) is 11.3 Å². The molecule has 4 rings (SSSR count). The van der Waals surface area contributed by atoms with Crippen LogP contribution in [0.3, 0.4) is 0 Å². The lowest BCUT2D eigenvalue weighted by Gasteiger charge is -2.16. The SMILES string of the molecule is Cc1noc(C)c1-c1nccnc1CC1CCN(C(=O)c2cnn(C)c2)C1. The molecule has 4 heterocycles. The van der Waals surface area contributed by atoms with Crippen molar-refractivity contribution in [3.63, 3.8) is 0 Å². The van der Waals surface area contributed by atoms with E-state index in [9.17, 15) is 4.79 Å². The van der Waals surface area contributed by atoms with Crippen molar-refractivity contribution in [1.82, 2.24) is 29.8 Å². The summed E-state index contributed by atoms with van der Waals surface area (Å²) in [5, 5.41) is 8.12. The standard InChI is InChI=1S/C19H22N6O2/c1-12-17(13(2)27-23-12)18-16(20-5-6-21-18)8-14-4-7-25(10-14)19(26)15-9-22-24(3)11-15/h5-6,9,11,14H,4,7-8,10H2,1-3H3. The Balaban J connectivity index is 1.51. The second-order valence-corrected chi connectivity index (χ2v) is 7.06. The van der Waals surface area contributed by atoms with Gasteiger partial charge in [0.25, 0.3) is 5.91 Å². The van der Waals surface area contributed by atoms with Gasteiger partial charge in [0.15, 0.2) is 0 Å². The van der Waals surface area contributed by atoms with E-state index in [2.05, 4.69) is 20.2 Å². The number of aryl methyl sites for hydroxylation is 3. The predicted molar refractivity (Wildman–Crippen MR) is 97.9 cm³/mol. The van der Waals surface area contributed by atoms with E-state index in [1.807, 2.05) is 25.8 Å². The largest absolute Gasteiger partial charge is 0.361 e. The fraction of sp³-hybridized carbons (Fsp3) is 0.421. The summed E-state index contributed by atoms with van der Waals surface area (Å²) in [6.07, 6.45) is 8.50. The molecule has 1 amide bonds. The second-order valence-electron chi connectivity index (χ2n) is 7.06. The minimum atomic E-state index is 0.0377. The fourth-order valence-corrected chi connectivity index (χ4v) is 3.72. The summed E-state index contributed by atoms with van der Waals surface area (Å²) in [6, 6.07) is 0. The Morgan fingerprint density at radius 2 is 2.11 bits per heavy atom. The number of hydrogen-bond donors (Lipinski definition) is 0. The Morgan fingerprint density at radius 3 is 2.81 bits per heavy atom. The molecular weight excluding hydrogens is 344 g/mol. The van der Waals surface area contributed by atoms with Crippen LogP contribution in [0.25, 0.3) is 11.3 Å². The Labute approximate surface area is 157 Å². The highest BCUT2D eigenvalue weighted by Gasteiger charge is 2.29. The van der Waals surface area contributed by atoms with Gasteiger partial charge in [-0.3, -0.25) is 19.4 Å². The van der Waals surface area contributed by atoms with Gasteiger partial charge in [0.2, 0.25) is 0 Å². The molecule has 0 aromatic carbocycles. The Kier molecular flexibility index (Phi) is 4.47. The van der Waals surface area contributed by atoms with Crippen LogP contribution in [0.2, 0.25) is 0 Å². The molecule has 0 spiro atoms. The van der Waals surface area contributed by atoms with Crippen LogP contribution in [-0.2, 0) is 13.5 Å². The molecule has 0 aliphatic carbocycles. The number of hydrogen-bond acceptors (Lipinski definition) is 6. The van der Waals surface area contributed by atoms with Crippen LogP contribution in [0.5, 0.6) is 0 Å². The average Bonchev–Trinajstić information content (AvgIpc) is 3.37. The van der Waals surface area contributed by atoms with E-state index < -0.39 is 0 Å². The highest BCUT2D eigenvalue weighted by molar-refractivity contribution is 5.93. The molecule has 27 heavy (non-hydrogen) atoms. The van der Waals surface area contributed by atoms with Gasteiger partial charge in [-0.05, 0) is 32.6 Å². The van der Waals surface area contributed by atoms with Crippen molar-refractivity contribution in [3.05, 3.63) is 47.5 Å². The van der Waals surface area contributed by atoms with Crippen molar-refractivity contribution in [2.45, 2.75) is 26.7 Å². The number of amides is 1. The maximum atomic E-state index is 12.6. The molecule has 1 aliphatic rings. The normalized spacial score (nSPS) is 16.9. The van der Waals surface area contributed by atoms with Crippen LogP contribution >= 0.6 is 0 Å². The van der Waals surface area contributed by atoms with Crippen LogP contribution < -0.4 is 0 Å². The van der Waals surface area contributed by atoms with Crippen molar-refractivity contribution < 1.29 is 9.32 Å². The zero-order chi connectivity index (χ0) is 19.0.